The van der Waals surface area contributed by atoms with Gasteiger partial charge in [0.2, 0.25) is 0 Å². The summed E-state index contributed by atoms with van der Waals surface area (Å²) in [6.45, 7) is 0.508. The van der Waals surface area contributed by atoms with E-state index in [9.17, 15) is 8.78 Å². The minimum atomic E-state index is -0.728. The lowest BCUT2D eigenvalue weighted by molar-refractivity contribution is 0.586. The monoisotopic (exact) mass is 378 g/mol. The number of rotatable bonds is 4. The van der Waals surface area contributed by atoms with Crippen molar-refractivity contribution in [2.24, 2.45) is 0 Å². The first-order valence-electron chi connectivity index (χ1n) is 7.31. The number of anilines is 2. The predicted molar refractivity (Wildman–Crippen MR) is 99.0 cm³/mol. The second-order valence-corrected chi connectivity index (χ2v) is 6.01. The Morgan fingerprint density at radius 2 is 1.92 bits per heavy atom. The summed E-state index contributed by atoms with van der Waals surface area (Å²) >= 11 is 11.2. The lowest BCUT2D eigenvalue weighted by atomic mass is 10.2. The Bertz CT molecular complexity index is 913. The molecule has 0 aliphatic rings. The van der Waals surface area contributed by atoms with Gasteiger partial charge in [-0.15, -0.1) is 0 Å². The van der Waals surface area contributed by atoms with Crippen LogP contribution in [0.25, 0.3) is 0 Å². The van der Waals surface area contributed by atoms with Crippen molar-refractivity contribution in [3.05, 3.63) is 76.9 Å². The number of benzene rings is 2. The van der Waals surface area contributed by atoms with E-state index in [1.807, 2.05) is 24.3 Å². The fraction of sp³-hybridized carbons (Fsp3) is 0.0588. The molecule has 8 heteroatoms. The van der Waals surface area contributed by atoms with E-state index in [4.69, 9.17) is 23.8 Å². The number of thiocarbonyl (C=S) groups is 1. The van der Waals surface area contributed by atoms with Gasteiger partial charge in [-0.2, -0.15) is 5.10 Å². The van der Waals surface area contributed by atoms with E-state index in [0.29, 0.717) is 17.4 Å². The smallest absolute Gasteiger partial charge is 0.176 e. The molecule has 0 unspecified atom stereocenters. The molecular formula is C17H13ClF2N4S. The van der Waals surface area contributed by atoms with Crippen molar-refractivity contribution in [1.29, 1.82) is 0 Å². The van der Waals surface area contributed by atoms with Crippen LogP contribution in [0.4, 0.5) is 20.3 Å². The topological polar surface area (TPSA) is 41.9 Å². The highest BCUT2D eigenvalue weighted by Gasteiger charge is 2.08. The number of hydrogen-bond acceptors (Lipinski definition) is 2. The second kappa shape index (κ2) is 7.58. The molecule has 128 valence electrons. The lowest BCUT2D eigenvalue weighted by Gasteiger charge is -2.09. The highest BCUT2D eigenvalue weighted by atomic mass is 35.5. The predicted octanol–water partition coefficient (Wildman–Crippen LogP) is 4.67. The van der Waals surface area contributed by atoms with Crippen LogP contribution in [0, 0.1) is 11.6 Å². The largest absolute Gasteiger partial charge is 0.330 e. The number of nitrogens with zero attached hydrogens (tertiary/aromatic N) is 2. The first kappa shape index (κ1) is 17.3. The van der Waals surface area contributed by atoms with Crippen molar-refractivity contribution < 1.29 is 8.78 Å². The van der Waals surface area contributed by atoms with Crippen LogP contribution in [0.2, 0.25) is 5.02 Å². The first-order valence-corrected chi connectivity index (χ1v) is 8.10. The standard InChI is InChI=1S/C17H13ClF2N4S/c18-13-4-2-1-3-11(13)10-24-8-7-16(23-24)22-17(25)21-15-6-5-12(19)9-14(15)20/h1-9H,10H2,(H2,21,22,23,25). The minimum Gasteiger partial charge on any atom is -0.330 e. The van der Waals surface area contributed by atoms with Crippen molar-refractivity contribution in [3.63, 3.8) is 0 Å². The third kappa shape index (κ3) is 4.52. The van der Waals surface area contributed by atoms with Crippen LogP contribution in [-0.4, -0.2) is 14.9 Å². The average molecular weight is 379 g/mol. The quantitative estimate of drug-likeness (QED) is 0.647. The highest BCUT2D eigenvalue weighted by Crippen LogP contribution is 2.17. The van der Waals surface area contributed by atoms with Crippen LogP contribution in [0.5, 0.6) is 0 Å². The molecule has 0 fully saturated rings. The van der Waals surface area contributed by atoms with Crippen molar-refractivity contribution in [2.75, 3.05) is 10.6 Å². The maximum Gasteiger partial charge on any atom is 0.176 e. The number of hydrogen-bond donors (Lipinski definition) is 2. The summed E-state index contributed by atoms with van der Waals surface area (Å²) in [5, 5.41) is 10.7. The summed E-state index contributed by atoms with van der Waals surface area (Å²) in [6.07, 6.45) is 1.77. The van der Waals surface area contributed by atoms with E-state index in [1.54, 1.807) is 16.9 Å². The zero-order valence-electron chi connectivity index (χ0n) is 12.8. The van der Waals surface area contributed by atoms with Crippen molar-refractivity contribution in [1.82, 2.24) is 9.78 Å². The molecule has 1 heterocycles. The fourth-order valence-electron chi connectivity index (χ4n) is 2.18. The van der Waals surface area contributed by atoms with Crippen LogP contribution in [0.1, 0.15) is 5.56 Å². The third-order valence-electron chi connectivity index (χ3n) is 3.35. The van der Waals surface area contributed by atoms with Crippen molar-refractivity contribution in [2.45, 2.75) is 6.54 Å². The molecule has 4 nitrogen and oxygen atoms in total. The maximum absolute atomic E-state index is 13.6. The van der Waals surface area contributed by atoms with E-state index in [2.05, 4.69) is 15.7 Å². The molecule has 0 amide bonds. The summed E-state index contributed by atoms with van der Waals surface area (Å²) in [5.74, 6) is -0.888. The van der Waals surface area contributed by atoms with Crippen molar-refractivity contribution >= 4 is 40.4 Å². The van der Waals surface area contributed by atoms with Gasteiger partial charge in [0.05, 0.1) is 12.2 Å². The Balaban J connectivity index is 1.63. The van der Waals surface area contributed by atoms with E-state index < -0.39 is 11.6 Å². The minimum absolute atomic E-state index is 0.0781. The van der Waals surface area contributed by atoms with Gasteiger partial charge >= 0.3 is 0 Å². The molecule has 0 saturated carbocycles. The summed E-state index contributed by atoms with van der Waals surface area (Å²) in [4.78, 5) is 0. The van der Waals surface area contributed by atoms with E-state index >= 15 is 0 Å². The summed E-state index contributed by atoms with van der Waals surface area (Å²) in [5.41, 5.74) is 1.02. The number of halogens is 3. The molecule has 3 aromatic rings. The number of aromatic nitrogens is 2. The molecular weight excluding hydrogens is 366 g/mol. The van der Waals surface area contributed by atoms with Gasteiger partial charge in [-0.3, -0.25) is 4.68 Å². The zero-order valence-corrected chi connectivity index (χ0v) is 14.4. The van der Waals surface area contributed by atoms with Crippen molar-refractivity contribution in [3.8, 4) is 0 Å². The fourth-order valence-corrected chi connectivity index (χ4v) is 2.59. The number of nitrogens with one attached hydrogen (secondary N) is 2. The highest BCUT2D eigenvalue weighted by molar-refractivity contribution is 7.80. The Hall–Kier alpha value is -2.51. The molecule has 1 aromatic heterocycles. The van der Waals surface area contributed by atoms with Gasteiger partial charge in [0, 0.05) is 23.4 Å². The van der Waals surface area contributed by atoms with Crippen LogP contribution < -0.4 is 10.6 Å². The van der Waals surface area contributed by atoms with E-state index in [-0.39, 0.29) is 10.8 Å². The molecule has 0 aliphatic carbocycles. The lowest BCUT2D eigenvalue weighted by Crippen LogP contribution is -2.20. The maximum atomic E-state index is 13.6. The Labute approximate surface area is 153 Å². The van der Waals surface area contributed by atoms with Gasteiger partial charge in [-0.1, -0.05) is 29.8 Å². The molecule has 0 spiro atoms. The zero-order chi connectivity index (χ0) is 17.8. The SMILES string of the molecule is Fc1ccc(NC(=S)Nc2ccn(Cc3ccccc3Cl)n2)c(F)c1. The molecule has 2 N–H and O–H groups in total. The van der Waals surface area contributed by atoms with Gasteiger partial charge < -0.3 is 10.6 Å². The average Bonchev–Trinajstić information content (AvgIpc) is 2.99. The normalized spacial score (nSPS) is 10.5. The van der Waals surface area contributed by atoms with E-state index in [1.165, 1.54) is 6.07 Å². The summed E-state index contributed by atoms with van der Waals surface area (Å²) in [7, 11) is 0. The third-order valence-corrected chi connectivity index (χ3v) is 3.92. The van der Waals surface area contributed by atoms with E-state index in [0.717, 1.165) is 17.7 Å². The van der Waals surface area contributed by atoms with Gasteiger partial charge in [-0.05, 0) is 36.0 Å². The molecule has 0 bridgehead atoms. The van der Waals surface area contributed by atoms with Crippen LogP contribution in [-0.2, 0) is 6.54 Å². The Morgan fingerprint density at radius 1 is 1.12 bits per heavy atom. The molecule has 0 aliphatic heterocycles. The molecule has 2 aromatic carbocycles. The molecule has 0 radical (unpaired) electrons. The van der Waals surface area contributed by atoms with Gasteiger partial charge in [0.25, 0.3) is 0 Å². The van der Waals surface area contributed by atoms with Crippen LogP contribution in [0.3, 0.4) is 0 Å². The molecule has 25 heavy (non-hydrogen) atoms. The van der Waals surface area contributed by atoms with Gasteiger partial charge in [0.15, 0.2) is 10.9 Å². The van der Waals surface area contributed by atoms with Gasteiger partial charge in [0.1, 0.15) is 11.6 Å². The summed E-state index contributed by atoms with van der Waals surface area (Å²) in [6, 6.07) is 12.4. The second-order valence-electron chi connectivity index (χ2n) is 5.19. The van der Waals surface area contributed by atoms with Crippen LogP contribution in [0.15, 0.2) is 54.7 Å². The Kier molecular flexibility index (Phi) is 5.25. The van der Waals surface area contributed by atoms with Gasteiger partial charge in [-0.25, -0.2) is 8.78 Å². The summed E-state index contributed by atoms with van der Waals surface area (Å²) < 4.78 is 28.2. The molecule has 3 rings (SSSR count). The molecule has 0 atom stereocenters. The van der Waals surface area contributed by atoms with Crippen LogP contribution >= 0.6 is 23.8 Å². The Morgan fingerprint density at radius 3 is 2.68 bits per heavy atom. The first-order chi connectivity index (χ1) is 12.0. The molecule has 0 saturated heterocycles.